The molecule has 0 saturated carbocycles. The van der Waals surface area contributed by atoms with Gasteiger partial charge in [-0.05, 0) is 23.8 Å². The molecule has 0 radical (unpaired) electrons. The molecule has 0 aliphatic carbocycles. The Hall–Kier alpha value is -3.35. The van der Waals surface area contributed by atoms with E-state index < -0.39 is 29.1 Å². The maximum atomic E-state index is 13.4. The molecular weight excluding hydrogens is 317 g/mol. The number of hydrogen-bond donors (Lipinski definition) is 0. The minimum atomic E-state index is -0.814. The SMILES string of the molecule is O=C(/C=C/c1cccc([N+](=O)[O-])c1)OCC(=O)c1ccccc1F. The summed E-state index contributed by atoms with van der Waals surface area (Å²) in [6, 6.07) is 11.0. The van der Waals surface area contributed by atoms with Crippen LogP contribution in [-0.4, -0.2) is 23.3 Å². The molecule has 0 spiro atoms. The number of benzene rings is 2. The zero-order valence-corrected chi connectivity index (χ0v) is 12.3. The first-order chi connectivity index (χ1) is 11.5. The third kappa shape index (κ3) is 4.57. The minimum absolute atomic E-state index is 0.111. The van der Waals surface area contributed by atoms with Crippen LogP contribution in [0.1, 0.15) is 15.9 Å². The first-order valence-corrected chi connectivity index (χ1v) is 6.84. The first kappa shape index (κ1) is 17.0. The Balaban J connectivity index is 1.94. The van der Waals surface area contributed by atoms with Gasteiger partial charge in [-0.1, -0.05) is 24.3 Å². The summed E-state index contributed by atoms with van der Waals surface area (Å²) < 4.78 is 18.1. The summed E-state index contributed by atoms with van der Waals surface area (Å²) >= 11 is 0. The van der Waals surface area contributed by atoms with Crippen LogP contribution in [0.3, 0.4) is 0 Å². The highest BCUT2D eigenvalue weighted by atomic mass is 19.1. The molecule has 0 fully saturated rings. The van der Waals surface area contributed by atoms with Crippen LogP contribution in [0.4, 0.5) is 10.1 Å². The van der Waals surface area contributed by atoms with Crippen molar-refractivity contribution in [3.8, 4) is 0 Å². The maximum Gasteiger partial charge on any atom is 0.331 e. The Morgan fingerprint density at radius 3 is 2.62 bits per heavy atom. The molecule has 0 heterocycles. The van der Waals surface area contributed by atoms with Crippen molar-refractivity contribution in [3.63, 3.8) is 0 Å². The number of ketones is 1. The molecule has 0 N–H and O–H groups in total. The predicted molar refractivity (Wildman–Crippen MR) is 83.8 cm³/mol. The van der Waals surface area contributed by atoms with E-state index in [1.54, 1.807) is 6.07 Å². The van der Waals surface area contributed by atoms with Crippen LogP contribution in [0, 0.1) is 15.9 Å². The fraction of sp³-hybridized carbons (Fsp3) is 0.0588. The van der Waals surface area contributed by atoms with Crippen molar-refractivity contribution in [1.29, 1.82) is 0 Å². The second-order valence-corrected chi connectivity index (χ2v) is 4.70. The van der Waals surface area contributed by atoms with Gasteiger partial charge in [0.25, 0.3) is 5.69 Å². The van der Waals surface area contributed by atoms with E-state index in [1.807, 2.05) is 0 Å². The first-order valence-electron chi connectivity index (χ1n) is 6.84. The van der Waals surface area contributed by atoms with E-state index in [1.165, 1.54) is 42.5 Å². The van der Waals surface area contributed by atoms with Gasteiger partial charge in [-0.3, -0.25) is 14.9 Å². The third-order valence-corrected chi connectivity index (χ3v) is 3.01. The largest absolute Gasteiger partial charge is 0.454 e. The van der Waals surface area contributed by atoms with E-state index >= 15 is 0 Å². The molecule has 7 heteroatoms. The number of esters is 1. The van der Waals surface area contributed by atoms with E-state index in [-0.39, 0.29) is 11.3 Å². The average molecular weight is 329 g/mol. The van der Waals surface area contributed by atoms with E-state index in [4.69, 9.17) is 4.74 Å². The molecule has 0 aliphatic heterocycles. The monoisotopic (exact) mass is 329 g/mol. The molecule has 0 unspecified atom stereocenters. The van der Waals surface area contributed by atoms with Crippen LogP contribution in [-0.2, 0) is 9.53 Å². The van der Waals surface area contributed by atoms with Gasteiger partial charge in [-0.2, -0.15) is 0 Å². The molecule has 2 aromatic carbocycles. The van der Waals surface area contributed by atoms with Crippen molar-refractivity contribution in [3.05, 3.63) is 81.7 Å². The molecule has 24 heavy (non-hydrogen) atoms. The number of non-ortho nitro benzene ring substituents is 1. The standard InChI is InChI=1S/C17H12FNO5/c18-15-7-2-1-6-14(15)16(20)11-24-17(21)9-8-12-4-3-5-13(10-12)19(22)23/h1-10H,11H2/b9-8+. The third-order valence-electron chi connectivity index (χ3n) is 3.01. The van der Waals surface area contributed by atoms with Crippen molar-refractivity contribution < 1.29 is 23.6 Å². The van der Waals surface area contributed by atoms with Crippen molar-refractivity contribution in [1.82, 2.24) is 0 Å². The topological polar surface area (TPSA) is 86.5 Å². The van der Waals surface area contributed by atoms with Gasteiger partial charge in [-0.25, -0.2) is 9.18 Å². The Morgan fingerprint density at radius 2 is 1.92 bits per heavy atom. The summed E-state index contributed by atoms with van der Waals surface area (Å²) in [6.45, 7) is -0.598. The summed E-state index contributed by atoms with van der Waals surface area (Å²) in [5, 5.41) is 10.7. The summed E-state index contributed by atoms with van der Waals surface area (Å²) in [7, 11) is 0. The summed E-state index contributed by atoms with van der Waals surface area (Å²) in [6.07, 6.45) is 2.36. The second kappa shape index (κ2) is 7.77. The molecule has 0 aromatic heterocycles. The lowest BCUT2D eigenvalue weighted by molar-refractivity contribution is -0.384. The fourth-order valence-corrected chi connectivity index (χ4v) is 1.86. The number of carbonyl (C=O) groups excluding carboxylic acids is 2. The second-order valence-electron chi connectivity index (χ2n) is 4.70. The lowest BCUT2D eigenvalue weighted by Gasteiger charge is -2.02. The quantitative estimate of drug-likeness (QED) is 0.267. The molecule has 2 rings (SSSR count). The van der Waals surface area contributed by atoms with Crippen molar-refractivity contribution >= 4 is 23.5 Å². The van der Waals surface area contributed by atoms with Gasteiger partial charge in [0.2, 0.25) is 5.78 Å². The summed E-state index contributed by atoms with van der Waals surface area (Å²) in [4.78, 5) is 33.4. The van der Waals surface area contributed by atoms with Crippen LogP contribution < -0.4 is 0 Å². The number of hydrogen-bond acceptors (Lipinski definition) is 5. The Morgan fingerprint density at radius 1 is 1.17 bits per heavy atom. The number of rotatable bonds is 6. The van der Waals surface area contributed by atoms with Crippen LogP contribution in [0.2, 0.25) is 0 Å². The minimum Gasteiger partial charge on any atom is -0.454 e. The highest BCUT2D eigenvalue weighted by Gasteiger charge is 2.12. The van der Waals surface area contributed by atoms with Crippen LogP contribution in [0.25, 0.3) is 6.08 Å². The smallest absolute Gasteiger partial charge is 0.331 e. The Labute approximate surface area is 136 Å². The van der Waals surface area contributed by atoms with Gasteiger partial charge in [0.1, 0.15) is 5.82 Å². The number of nitro groups is 1. The number of halogens is 1. The lowest BCUT2D eigenvalue weighted by Crippen LogP contribution is -2.13. The highest BCUT2D eigenvalue weighted by molar-refractivity contribution is 5.99. The van der Waals surface area contributed by atoms with Crippen molar-refractivity contribution in [2.24, 2.45) is 0 Å². The predicted octanol–water partition coefficient (Wildman–Crippen LogP) is 3.17. The van der Waals surface area contributed by atoms with Gasteiger partial charge in [0, 0.05) is 18.2 Å². The Kier molecular flexibility index (Phi) is 5.51. The van der Waals surface area contributed by atoms with E-state index in [9.17, 15) is 24.1 Å². The molecular formula is C17H12FNO5. The highest BCUT2D eigenvalue weighted by Crippen LogP contribution is 2.14. The van der Waals surface area contributed by atoms with Gasteiger partial charge in [0.05, 0.1) is 10.5 Å². The van der Waals surface area contributed by atoms with Crippen molar-refractivity contribution in [2.45, 2.75) is 0 Å². The molecule has 0 amide bonds. The number of carbonyl (C=O) groups is 2. The summed E-state index contributed by atoms with van der Waals surface area (Å²) in [5.41, 5.74) is 0.162. The molecule has 0 saturated heterocycles. The molecule has 122 valence electrons. The number of Topliss-reactive ketones (excluding diaryl/α,β-unsaturated/α-hetero) is 1. The van der Waals surface area contributed by atoms with Crippen LogP contribution >= 0.6 is 0 Å². The molecule has 6 nitrogen and oxygen atoms in total. The van der Waals surface area contributed by atoms with Crippen LogP contribution in [0.15, 0.2) is 54.6 Å². The normalized spacial score (nSPS) is 10.5. The van der Waals surface area contributed by atoms with Gasteiger partial charge >= 0.3 is 5.97 Å². The number of ether oxygens (including phenoxy) is 1. The van der Waals surface area contributed by atoms with Gasteiger partial charge in [-0.15, -0.1) is 0 Å². The van der Waals surface area contributed by atoms with Crippen LogP contribution in [0.5, 0.6) is 0 Å². The van der Waals surface area contributed by atoms with Crippen molar-refractivity contribution in [2.75, 3.05) is 6.61 Å². The Bertz CT molecular complexity index is 816. The zero-order valence-electron chi connectivity index (χ0n) is 12.3. The van der Waals surface area contributed by atoms with E-state index in [0.29, 0.717) is 5.56 Å². The molecule has 0 atom stereocenters. The van der Waals surface area contributed by atoms with Gasteiger partial charge < -0.3 is 4.74 Å². The van der Waals surface area contributed by atoms with Gasteiger partial charge in [0.15, 0.2) is 6.61 Å². The number of nitrogens with zero attached hydrogens (tertiary/aromatic N) is 1. The maximum absolute atomic E-state index is 13.4. The lowest BCUT2D eigenvalue weighted by atomic mass is 10.1. The molecule has 2 aromatic rings. The average Bonchev–Trinajstić information content (AvgIpc) is 2.58. The van der Waals surface area contributed by atoms with E-state index in [2.05, 4.69) is 0 Å². The fourth-order valence-electron chi connectivity index (χ4n) is 1.86. The van der Waals surface area contributed by atoms with E-state index in [0.717, 1.165) is 12.1 Å². The molecule has 0 bridgehead atoms. The zero-order chi connectivity index (χ0) is 17.5. The molecule has 0 aliphatic rings. The number of nitro benzene ring substituents is 1. The summed E-state index contributed by atoms with van der Waals surface area (Å²) in [5.74, 6) is -2.16.